The first-order valence-electron chi connectivity index (χ1n) is 7.39. The average Bonchev–Trinajstić information content (AvgIpc) is 3.18. The third-order valence-electron chi connectivity index (χ3n) is 4.37. The molecule has 2 nitrogen and oxygen atoms in total. The smallest absolute Gasteiger partial charge is 0.231 e. The van der Waals surface area contributed by atoms with Crippen molar-refractivity contribution in [2.45, 2.75) is 37.6 Å². The zero-order valence-electron chi connectivity index (χ0n) is 12.1. The van der Waals surface area contributed by atoms with Crippen LogP contribution in [0.3, 0.4) is 0 Å². The molecule has 0 atom stereocenters. The molecule has 1 N–H and O–H groups in total. The zero-order chi connectivity index (χ0) is 15.6. The zero-order valence-corrected chi connectivity index (χ0v) is 12.9. The van der Waals surface area contributed by atoms with Gasteiger partial charge < -0.3 is 5.32 Å². The highest BCUT2D eigenvalue weighted by Crippen LogP contribution is 2.43. The topological polar surface area (TPSA) is 29.1 Å². The van der Waals surface area contributed by atoms with Crippen molar-refractivity contribution in [1.82, 2.24) is 5.32 Å². The van der Waals surface area contributed by atoms with E-state index in [-0.39, 0.29) is 18.0 Å². The van der Waals surface area contributed by atoms with Gasteiger partial charge >= 0.3 is 0 Å². The van der Waals surface area contributed by atoms with Crippen molar-refractivity contribution in [3.8, 4) is 0 Å². The minimum Gasteiger partial charge on any atom is -0.351 e. The summed E-state index contributed by atoms with van der Waals surface area (Å²) in [7, 11) is 0. The number of carbonyl (C=O) groups is 1. The lowest BCUT2D eigenvalue weighted by Crippen LogP contribution is -2.42. The van der Waals surface area contributed by atoms with Crippen molar-refractivity contribution in [3.05, 3.63) is 57.8 Å². The van der Waals surface area contributed by atoms with E-state index in [1.54, 1.807) is 11.3 Å². The Hall–Kier alpha value is -1.75. The second kappa shape index (κ2) is 6.16. The van der Waals surface area contributed by atoms with E-state index in [9.17, 15) is 13.6 Å². The standard InChI is InChI=1S/C17H17F2NOS/c18-13-5-3-6-14(19)12(13)11-20-16(21)17(8-1-2-9-17)15-7-4-10-22-15/h3-7,10H,1-2,8-9,11H2,(H,20,21). The summed E-state index contributed by atoms with van der Waals surface area (Å²) >= 11 is 1.57. The summed E-state index contributed by atoms with van der Waals surface area (Å²) in [5.74, 6) is -1.39. The van der Waals surface area contributed by atoms with Gasteiger partial charge in [-0.25, -0.2) is 8.78 Å². The van der Waals surface area contributed by atoms with Gasteiger partial charge in [0.1, 0.15) is 11.6 Å². The van der Waals surface area contributed by atoms with Gasteiger partial charge in [0.05, 0.1) is 5.41 Å². The van der Waals surface area contributed by atoms with Gasteiger partial charge in [-0.15, -0.1) is 11.3 Å². The normalized spacial score (nSPS) is 16.6. The maximum absolute atomic E-state index is 13.7. The number of thiophene rings is 1. The van der Waals surface area contributed by atoms with Gasteiger partial charge in [-0.3, -0.25) is 4.79 Å². The van der Waals surface area contributed by atoms with E-state index in [0.29, 0.717) is 0 Å². The molecular weight excluding hydrogens is 304 g/mol. The summed E-state index contributed by atoms with van der Waals surface area (Å²) in [6.07, 6.45) is 3.58. The minimum atomic E-state index is -0.628. The highest BCUT2D eigenvalue weighted by Gasteiger charge is 2.43. The van der Waals surface area contributed by atoms with E-state index in [4.69, 9.17) is 0 Å². The van der Waals surface area contributed by atoms with Gasteiger partial charge in [-0.05, 0) is 36.4 Å². The molecule has 0 aliphatic heterocycles. The lowest BCUT2D eigenvalue weighted by Gasteiger charge is -2.26. The number of benzene rings is 1. The van der Waals surface area contributed by atoms with E-state index in [2.05, 4.69) is 5.32 Å². The number of hydrogen-bond donors (Lipinski definition) is 1. The van der Waals surface area contributed by atoms with Crippen LogP contribution in [-0.4, -0.2) is 5.91 Å². The Bertz CT molecular complexity index is 643. The largest absolute Gasteiger partial charge is 0.351 e. The molecule has 5 heteroatoms. The Morgan fingerprint density at radius 2 is 1.82 bits per heavy atom. The van der Waals surface area contributed by atoms with Crippen molar-refractivity contribution >= 4 is 17.2 Å². The molecule has 1 saturated carbocycles. The van der Waals surface area contributed by atoms with Crippen LogP contribution >= 0.6 is 11.3 Å². The molecule has 3 rings (SSSR count). The third kappa shape index (κ3) is 2.65. The first kappa shape index (κ1) is 15.2. The van der Waals surface area contributed by atoms with Crippen LogP contribution < -0.4 is 5.32 Å². The third-order valence-corrected chi connectivity index (χ3v) is 5.45. The Morgan fingerprint density at radius 1 is 1.14 bits per heavy atom. The molecule has 0 bridgehead atoms. The van der Waals surface area contributed by atoms with Crippen LogP contribution in [0.5, 0.6) is 0 Å². The van der Waals surface area contributed by atoms with Crippen LogP contribution in [0, 0.1) is 11.6 Å². The number of amides is 1. The summed E-state index contributed by atoms with van der Waals surface area (Å²) in [4.78, 5) is 13.8. The predicted octanol–water partition coefficient (Wildman–Crippen LogP) is 4.15. The van der Waals surface area contributed by atoms with Gasteiger partial charge in [0.25, 0.3) is 0 Å². The number of halogens is 2. The molecule has 1 aromatic heterocycles. The molecule has 0 saturated heterocycles. The summed E-state index contributed by atoms with van der Waals surface area (Å²) in [5, 5.41) is 4.70. The molecule has 0 radical (unpaired) electrons. The summed E-state index contributed by atoms with van der Waals surface area (Å²) in [5.41, 5.74) is -0.620. The van der Waals surface area contributed by atoms with Crippen molar-refractivity contribution in [2.75, 3.05) is 0 Å². The Balaban J connectivity index is 1.79. The van der Waals surface area contributed by atoms with E-state index in [0.717, 1.165) is 30.6 Å². The first-order chi connectivity index (χ1) is 10.6. The van der Waals surface area contributed by atoms with Crippen molar-refractivity contribution < 1.29 is 13.6 Å². The van der Waals surface area contributed by atoms with Crippen molar-refractivity contribution in [3.63, 3.8) is 0 Å². The van der Waals surface area contributed by atoms with Gasteiger partial charge in [0.2, 0.25) is 5.91 Å². The number of rotatable bonds is 4. The van der Waals surface area contributed by atoms with Crippen LogP contribution in [0.4, 0.5) is 8.78 Å². The molecule has 2 aromatic rings. The minimum absolute atomic E-state index is 0.0878. The first-order valence-corrected chi connectivity index (χ1v) is 8.27. The molecule has 1 aliphatic rings. The average molecular weight is 321 g/mol. The van der Waals surface area contributed by atoms with Crippen LogP contribution in [0.2, 0.25) is 0 Å². The molecular formula is C17H17F2NOS. The Kier molecular flexibility index (Phi) is 4.25. The quantitative estimate of drug-likeness (QED) is 0.900. The Morgan fingerprint density at radius 3 is 2.41 bits per heavy atom. The summed E-state index contributed by atoms with van der Waals surface area (Å²) < 4.78 is 27.3. The fourth-order valence-electron chi connectivity index (χ4n) is 3.15. The van der Waals surface area contributed by atoms with Gasteiger partial charge in [-0.1, -0.05) is 25.0 Å². The molecule has 1 fully saturated rings. The lowest BCUT2D eigenvalue weighted by atomic mass is 9.83. The van der Waals surface area contributed by atoms with E-state index < -0.39 is 17.0 Å². The second-order valence-corrected chi connectivity index (χ2v) is 6.60. The molecule has 0 unspecified atom stereocenters. The maximum Gasteiger partial charge on any atom is 0.231 e. The van der Waals surface area contributed by atoms with Crippen LogP contribution in [0.15, 0.2) is 35.7 Å². The maximum atomic E-state index is 13.7. The molecule has 1 heterocycles. The highest BCUT2D eigenvalue weighted by molar-refractivity contribution is 7.10. The predicted molar refractivity (Wildman–Crippen MR) is 82.7 cm³/mol. The van der Waals surface area contributed by atoms with Crippen molar-refractivity contribution in [2.24, 2.45) is 0 Å². The second-order valence-electron chi connectivity index (χ2n) is 5.65. The number of hydrogen-bond acceptors (Lipinski definition) is 2. The molecule has 116 valence electrons. The number of nitrogens with one attached hydrogen (secondary N) is 1. The lowest BCUT2D eigenvalue weighted by molar-refractivity contribution is -0.126. The molecule has 1 aliphatic carbocycles. The van der Waals surface area contributed by atoms with Crippen LogP contribution in [-0.2, 0) is 16.8 Å². The van der Waals surface area contributed by atoms with Gasteiger partial charge in [-0.2, -0.15) is 0 Å². The molecule has 1 amide bonds. The SMILES string of the molecule is O=C(NCc1c(F)cccc1F)C1(c2cccs2)CCCC1. The van der Waals surface area contributed by atoms with Gasteiger partial charge in [0, 0.05) is 17.0 Å². The fourth-order valence-corrected chi connectivity index (χ4v) is 4.14. The molecule has 0 spiro atoms. The van der Waals surface area contributed by atoms with Crippen LogP contribution in [0.25, 0.3) is 0 Å². The fraction of sp³-hybridized carbons (Fsp3) is 0.353. The van der Waals surface area contributed by atoms with Gasteiger partial charge in [0.15, 0.2) is 0 Å². The summed E-state index contributed by atoms with van der Waals surface area (Å²) in [6, 6.07) is 7.63. The van der Waals surface area contributed by atoms with E-state index >= 15 is 0 Å². The molecule has 22 heavy (non-hydrogen) atoms. The number of carbonyl (C=O) groups excluding carboxylic acids is 1. The van der Waals surface area contributed by atoms with E-state index in [1.165, 1.54) is 18.2 Å². The monoisotopic (exact) mass is 321 g/mol. The van der Waals surface area contributed by atoms with Crippen LogP contribution in [0.1, 0.15) is 36.1 Å². The molecule has 1 aromatic carbocycles. The summed E-state index contributed by atoms with van der Waals surface area (Å²) in [6.45, 7) is -0.121. The Labute approximate surface area is 132 Å². The highest BCUT2D eigenvalue weighted by atomic mass is 32.1. The van der Waals surface area contributed by atoms with E-state index in [1.807, 2.05) is 17.5 Å². The van der Waals surface area contributed by atoms with Crippen molar-refractivity contribution in [1.29, 1.82) is 0 Å².